The minimum Gasteiger partial charge on any atom is -0.479 e. The monoisotopic (exact) mass is 314 g/mol. The minimum absolute atomic E-state index is 0.0430. The van der Waals surface area contributed by atoms with Crippen molar-refractivity contribution in [1.29, 1.82) is 0 Å². The second kappa shape index (κ2) is 5.76. The molecule has 0 aliphatic heterocycles. The Morgan fingerprint density at radius 3 is 2.14 bits per heavy atom. The van der Waals surface area contributed by atoms with Crippen LogP contribution < -0.4 is 0 Å². The van der Waals surface area contributed by atoms with Crippen molar-refractivity contribution in [3.05, 3.63) is 59.4 Å². The zero-order valence-corrected chi connectivity index (χ0v) is 10.9. The zero-order valence-electron chi connectivity index (χ0n) is 10.9. The topological polar surface area (TPSA) is 57.5 Å². The Kier molecular flexibility index (Phi) is 4.18. The van der Waals surface area contributed by atoms with Crippen LogP contribution in [0.2, 0.25) is 0 Å². The van der Waals surface area contributed by atoms with E-state index in [0.717, 1.165) is 30.3 Å². The van der Waals surface area contributed by atoms with Gasteiger partial charge < -0.3 is 10.2 Å². The molecule has 0 spiro atoms. The van der Waals surface area contributed by atoms with Crippen LogP contribution in [0.3, 0.4) is 0 Å². The van der Waals surface area contributed by atoms with E-state index < -0.39 is 29.6 Å². The van der Waals surface area contributed by atoms with Crippen LogP contribution >= 0.6 is 0 Å². The van der Waals surface area contributed by atoms with Crippen molar-refractivity contribution in [1.82, 2.24) is 0 Å². The summed E-state index contributed by atoms with van der Waals surface area (Å²) in [5, 5.41) is 18.4. The quantitative estimate of drug-likeness (QED) is 0.851. The highest BCUT2D eigenvalue weighted by Gasteiger charge is 2.30. The molecule has 1 atom stereocenters. The van der Waals surface area contributed by atoms with E-state index in [4.69, 9.17) is 5.11 Å². The van der Waals surface area contributed by atoms with Crippen LogP contribution in [0.5, 0.6) is 0 Å². The summed E-state index contributed by atoms with van der Waals surface area (Å²) < 4.78 is 51.5. The Labute approximate surface area is 122 Å². The number of aliphatic carboxylic acids is 1. The van der Waals surface area contributed by atoms with Crippen molar-refractivity contribution in [2.45, 2.75) is 12.3 Å². The average molecular weight is 314 g/mol. The van der Waals surface area contributed by atoms with Gasteiger partial charge in [-0.05, 0) is 23.8 Å². The third-order valence-corrected chi connectivity index (χ3v) is 3.08. The van der Waals surface area contributed by atoms with E-state index >= 15 is 0 Å². The summed E-state index contributed by atoms with van der Waals surface area (Å²) >= 11 is 0. The lowest BCUT2D eigenvalue weighted by atomic mass is 9.95. The number of alkyl halides is 3. The highest BCUT2D eigenvalue weighted by atomic mass is 19.4. The molecule has 0 bridgehead atoms. The number of halogens is 4. The summed E-state index contributed by atoms with van der Waals surface area (Å²) in [7, 11) is 0. The molecule has 2 aromatic carbocycles. The normalized spacial score (nSPS) is 13.0. The van der Waals surface area contributed by atoms with Gasteiger partial charge in [-0.25, -0.2) is 9.18 Å². The lowest BCUT2D eigenvalue weighted by molar-refractivity contribution is -0.147. The first kappa shape index (κ1) is 16.0. The number of aliphatic hydroxyl groups is 1. The van der Waals surface area contributed by atoms with Crippen LogP contribution in [0, 0.1) is 5.82 Å². The van der Waals surface area contributed by atoms with Crippen molar-refractivity contribution in [3.8, 4) is 11.1 Å². The van der Waals surface area contributed by atoms with Crippen molar-refractivity contribution < 1.29 is 32.6 Å². The first-order chi connectivity index (χ1) is 10.2. The molecule has 22 heavy (non-hydrogen) atoms. The molecule has 0 saturated carbocycles. The largest absolute Gasteiger partial charge is 0.479 e. The highest BCUT2D eigenvalue weighted by molar-refractivity contribution is 5.79. The van der Waals surface area contributed by atoms with E-state index in [1.807, 2.05) is 0 Å². The summed E-state index contributed by atoms with van der Waals surface area (Å²) in [6.45, 7) is 0. The number of carboxylic acid groups (broad SMARTS) is 1. The molecule has 0 fully saturated rings. The van der Waals surface area contributed by atoms with Crippen molar-refractivity contribution in [2.75, 3.05) is 0 Å². The first-order valence-electron chi connectivity index (χ1n) is 6.08. The fraction of sp³-hybridized carbons (Fsp3) is 0.133. The van der Waals surface area contributed by atoms with E-state index in [9.17, 15) is 27.5 Å². The van der Waals surface area contributed by atoms with E-state index in [1.54, 1.807) is 0 Å². The lowest BCUT2D eigenvalue weighted by Crippen LogP contribution is -2.12. The van der Waals surface area contributed by atoms with Crippen molar-refractivity contribution in [2.24, 2.45) is 0 Å². The van der Waals surface area contributed by atoms with Crippen molar-refractivity contribution in [3.63, 3.8) is 0 Å². The third-order valence-electron chi connectivity index (χ3n) is 3.08. The third kappa shape index (κ3) is 3.09. The van der Waals surface area contributed by atoms with E-state index in [0.29, 0.717) is 0 Å². The molecular weight excluding hydrogens is 304 g/mol. The Bertz CT molecular complexity index is 693. The molecule has 7 heteroatoms. The molecule has 0 heterocycles. The molecule has 0 amide bonds. The van der Waals surface area contributed by atoms with Gasteiger partial charge in [0.2, 0.25) is 0 Å². The van der Waals surface area contributed by atoms with Crippen LogP contribution in [0.1, 0.15) is 17.2 Å². The predicted octanol–water partition coefficient (Wildman–Crippen LogP) is 3.63. The minimum atomic E-state index is -4.53. The average Bonchev–Trinajstić information content (AvgIpc) is 2.45. The fourth-order valence-electron chi connectivity index (χ4n) is 2.03. The Morgan fingerprint density at radius 2 is 1.64 bits per heavy atom. The summed E-state index contributed by atoms with van der Waals surface area (Å²) in [6, 6.07) is 7.03. The van der Waals surface area contributed by atoms with Crippen LogP contribution in [0.4, 0.5) is 17.6 Å². The maximum Gasteiger partial charge on any atom is 0.416 e. The molecule has 0 aliphatic carbocycles. The molecule has 116 valence electrons. The number of aliphatic hydroxyl groups excluding tert-OH is 1. The number of carbonyl (C=O) groups is 1. The van der Waals surface area contributed by atoms with Gasteiger partial charge in [-0.1, -0.05) is 24.3 Å². The van der Waals surface area contributed by atoms with Crippen LogP contribution in [0.15, 0.2) is 42.5 Å². The van der Waals surface area contributed by atoms with Gasteiger partial charge in [-0.2, -0.15) is 13.2 Å². The van der Waals surface area contributed by atoms with Gasteiger partial charge in [-0.15, -0.1) is 0 Å². The van der Waals surface area contributed by atoms with E-state index in [1.165, 1.54) is 12.1 Å². The van der Waals surface area contributed by atoms with Crippen LogP contribution in [-0.4, -0.2) is 16.2 Å². The zero-order chi connectivity index (χ0) is 16.5. The number of hydrogen-bond acceptors (Lipinski definition) is 2. The van der Waals surface area contributed by atoms with Gasteiger partial charge in [0.05, 0.1) is 5.56 Å². The second-order valence-electron chi connectivity index (χ2n) is 4.52. The molecule has 0 aromatic heterocycles. The van der Waals surface area contributed by atoms with Gasteiger partial charge >= 0.3 is 12.1 Å². The van der Waals surface area contributed by atoms with Gasteiger partial charge in [0.15, 0.2) is 6.10 Å². The lowest BCUT2D eigenvalue weighted by Gasteiger charge is -2.14. The molecular formula is C15H10F4O3. The smallest absolute Gasteiger partial charge is 0.416 e. The highest BCUT2D eigenvalue weighted by Crippen LogP contribution is 2.34. The Hall–Kier alpha value is -2.41. The first-order valence-corrected chi connectivity index (χ1v) is 6.08. The second-order valence-corrected chi connectivity index (χ2v) is 4.52. The predicted molar refractivity (Wildman–Crippen MR) is 69.4 cm³/mol. The molecule has 2 aromatic rings. The van der Waals surface area contributed by atoms with Crippen LogP contribution in [0.25, 0.3) is 11.1 Å². The van der Waals surface area contributed by atoms with E-state index in [2.05, 4.69) is 0 Å². The molecule has 0 radical (unpaired) electrons. The van der Waals surface area contributed by atoms with Gasteiger partial charge in [-0.3, -0.25) is 0 Å². The molecule has 0 aliphatic rings. The van der Waals surface area contributed by atoms with Crippen molar-refractivity contribution >= 4 is 5.97 Å². The number of carboxylic acids is 1. The standard InChI is InChI=1S/C15H10F4O3/c16-11-3-1-2-10(13(20)14(21)22)12(11)8-4-6-9(7-5-8)15(17,18)19/h1-7,13,20H,(H,21,22). The number of hydrogen-bond donors (Lipinski definition) is 2. The van der Waals surface area contributed by atoms with Gasteiger partial charge in [0.25, 0.3) is 0 Å². The Morgan fingerprint density at radius 1 is 1.05 bits per heavy atom. The Balaban J connectivity index is 2.55. The molecule has 1 unspecified atom stereocenters. The summed E-state index contributed by atoms with van der Waals surface area (Å²) in [4.78, 5) is 10.9. The van der Waals surface area contributed by atoms with Crippen LogP contribution in [-0.2, 0) is 11.0 Å². The molecule has 2 rings (SSSR count). The summed E-state index contributed by atoms with van der Waals surface area (Å²) in [6.07, 6.45) is -6.51. The maximum atomic E-state index is 14.0. The van der Waals surface area contributed by atoms with Gasteiger partial charge in [0.1, 0.15) is 5.82 Å². The van der Waals surface area contributed by atoms with Gasteiger partial charge in [0, 0.05) is 11.1 Å². The molecule has 3 nitrogen and oxygen atoms in total. The number of benzene rings is 2. The SMILES string of the molecule is O=C(O)C(O)c1cccc(F)c1-c1ccc(C(F)(F)F)cc1. The van der Waals surface area contributed by atoms with E-state index in [-0.39, 0.29) is 16.7 Å². The molecule has 2 N–H and O–H groups in total. The summed E-state index contributed by atoms with van der Waals surface area (Å²) in [5.74, 6) is -2.42. The fourth-order valence-corrected chi connectivity index (χ4v) is 2.03. The summed E-state index contributed by atoms with van der Waals surface area (Å²) in [5.41, 5.74) is -1.34. The number of rotatable bonds is 3. The molecule has 0 saturated heterocycles. The maximum absolute atomic E-state index is 14.0.